The Hall–Kier alpha value is -1.34. The van der Waals surface area contributed by atoms with Crippen LogP contribution in [0.4, 0.5) is 0 Å². The van der Waals surface area contributed by atoms with Gasteiger partial charge in [0.2, 0.25) is 0 Å². The van der Waals surface area contributed by atoms with Crippen LogP contribution in [0.2, 0.25) is 0 Å². The Labute approximate surface area is 326 Å². The Balaban J connectivity index is 2.45. The highest BCUT2D eigenvalue weighted by Crippen LogP contribution is 2.47. The van der Waals surface area contributed by atoms with Gasteiger partial charge in [0.1, 0.15) is 43.2 Å². The second-order valence-electron chi connectivity index (χ2n) is 14.9. The minimum atomic E-state index is -5.03. The van der Waals surface area contributed by atoms with Crippen LogP contribution in [-0.4, -0.2) is 92.3 Å². The van der Waals surface area contributed by atoms with Crippen molar-refractivity contribution in [3.63, 3.8) is 0 Å². The molecular weight excluding hydrogens is 715 g/mol. The molecule has 12 nitrogen and oxygen atoms in total. The highest BCUT2D eigenvalue weighted by atomic mass is 31.2. The number of allylic oxidation sites excluding steroid dienone is 3. The highest BCUT2D eigenvalue weighted by Gasteiger charge is 2.51. The molecule has 0 heterocycles. The number of esters is 1. The molecule has 8 atom stereocenters. The fourth-order valence-corrected chi connectivity index (χ4v) is 7.39. The summed E-state index contributed by atoms with van der Waals surface area (Å²) in [5.74, 6) is -0.510. The van der Waals surface area contributed by atoms with Gasteiger partial charge in [-0.05, 0) is 44.6 Å². The fourth-order valence-electron chi connectivity index (χ4n) is 6.42. The van der Waals surface area contributed by atoms with E-state index in [1.807, 2.05) is 6.08 Å². The Kier molecular flexibility index (Phi) is 30.7. The number of carbonyl (C=O) groups is 1. The molecule has 1 saturated carbocycles. The summed E-state index contributed by atoms with van der Waals surface area (Å²) in [7, 11) is -5.03. The van der Waals surface area contributed by atoms with E-state index in [4.69, 9.17) is 18.5 Å². The zero-order chi connectivity index (χ0) is 39.9. The third-order valence-electron chi connectivity index (χ3n) is 9.89. The molecule has 0 saturated heterocycles. The van der Waals surface area contributed by atoms with Gasteiger partial charge in [0, 0.05) is 6.42 Å². The Morgan fingerprint density at radius 3 is 1.52 bits per heavy atom. The van der Waals surface area contributed by atoms with Crippen molar-refractivity contribution in [2.75, 3.05) is 13.2 Å². The van der Waals surface area contributed by atoms with Gasteiger partial charge in [-0.2, -0.15) is 0 Å². The maximum Gasteiger partial charge on any atom is 0.472 e. The van der Waals surface area contributed by atoms with Gasteiger partial charge in [0.15, 0.2) is 6.10 Å². The minimum absolute atomic E-state index is 0.161. The van der Waals surface area contributed by atoms with Crippen molar-refractivity contribution in [1.82, 2.24) is 0 Å². The number of aliphatic hydroxyl groups is 5. The van der Waals surface area contributed by atoms with E-state index < -0.39 is 63.1 Å². The van der Waals surface area contributed by atoms with Crippen LogP contribution in [0.3, 0.4) is 0 Å². The normalized spacial score (nSPS) is 23.6. The van der Waals surface area contributed by atoms with E-state index in [9.17, 15) is 39.8 Å². The van der Waals surface area contributed by atoms with Crippen molar-refractivity contribution >= 4 is 13.8 Å². The number of unbranched alkanes of at least 4 members (excludes halogenated alkanes) is 21. The van der Waals surface area contributed by atoms with E-state index in [0.29, 0.717) is 6.42 Å². The topological polar surface area (TPSA) is 192 Å². The molecule has 318 valence electrons. The molecule has 0 radical (unpaired) electrons. The number of ether oxygens (including phenoxy) is 2. The number of aliphatic hydroxyl groups excluding tert-OH is 5. The van der Waals surface area contributed by atoms with E-state index in [1.165, 1.54) is 96.2 Å². The summed E-state index contributed by atoms with van der Waals surface area (Å²) in [6, 6.07) is 0. The van der Waals surface area contributed by atoms with Crippen molar-refractivity contribution in [2.45, 2.75) is 217 Å². The van der Waals surface area contributed by atoms with E-state index >= 15 is 0 Å². The van der Waals surface area contributed by atoms with Crippen LogP contribution >= 0.6 is 7.82 Å². The van der Waals surface area contributed by atoms with Crippen molar-refractivity contribution in [3.05, 3.63) is 24.5 Å². The Morgan fingerprint density at radius 2 is 1.00 bits per heavy atom. The molecule has 0 aromatic heterocycles. The summed E-state index contributed by atoms with van der Waals surface area (Å²) in [4.78, 5) is 23.0. The first-order chi connectivity index (χ1) is 26.0. The van der Waals surface area contributed by atoms with E-state index in [-0.39, 0.29) is 13.0 Å². The first-order valence-electron chi connectivity index (χ1n) is 21.2. The van der Waals surface area contributed by atoms with Crippen LogP contribution < -0.4 is 0 Å². The SMILES string of the molecule is CCCC/C=C\CCCCCCCC(=O)O[C@H](CO/C=C\CCCCCCCCCCCCCCCC)COP(=O)(O)OC1C(O)C(O)C(O)[C@@H](O)C1O. The molecule has 0 aromatic carbocycles. The molecule has 0 amide bonds. The quantitative estimate of drug-likeness (QED) is 0.0119. The van der Waals surface area contributed by atoms with E-state index in [0.717, 1.165) is 57.8 Å². The van der Waals surface area contributed by atoms with Gasteiger partial charge in [-0.3, -0.25) is 13.8 Å². The summed E-state index contributed by atoms with van der Waals surface area (Å²) in [5, 5.41) is 50.0. The van der Waals surface area contributed by atoms with Crippen molar-refractivity contribution in [2.24, 2.45) is 0 Å². The first kappa shape index (κ1) is 50.7. The number of phosphoric acid groups is 1. The number of phosphoric ester groups is 1. The maximum atomic E-state index is 12.7. The molecule has 1 aliphatic rings. The van der Waals surface area contributed by atoms with Crippen LogP contribution in [0, 0.1) is 0 Å². The summed E-state index contributed by atoms with van der Waals surface area (Å²) in [5.41, 5.74) is 0. The lowest BCUT2D eigenvalue weighted by molar-refractivity contribution is -0.220. The Bertz CT molecular complexity index is 995. The largest absolute Gasteiger partial charge is 0.498 e. The molecule has 1 rings (SSSR count). The fraction of sp³-hybridized carbons (Fsp3) is 0.878. The maximum absolute atomic E-state index is 12.7. The van der Waals surface area contributed by atoms with Crippen molar-refractivity contribution in [3.8, 4) is 0 Å². The molecule has 1 fully saturated rings. The molecule has 13 heteroatoms. The molecule has 6 unspecified atom stereocenters. The predicted octanol–water partition coefficient (Wildman–Crippen LogP) is 8.10. The molecule has 1 aliphatic carbocycles. The van der Waals surface area contributed by atoms with Crippen LogP contribution in [0.1, 0.15) is 174 Å². The zero-order valence-corrected chi connectivity index (χ0v) is 34.4. The summed E-state index contributed by atoms with van der Waals surface area (Å²) < 4.78 is 33.8. The smallest absolute Gasteiger partial charge is 0.472 e. The molecular formula is C41H77O12P. The van der Waals surface area contributed by atoms with Crippen LogP contribution in [-0.2, 0) is 27.9 Å². The number of rotatable bonds is 35. The molecule has 6 N–H and O–H groups in total. The molecule has 0 bridgehead atoms. The molecule has 54 heavy (non-hydrogen) atoms. The lowest BCUT2D eigenvalue weighted by Crippen LogP contribution is -2.64. The van der Waals surface area contributed by atoms with Gasteiger partial charge in [-0.25, -0.2) is 4.57 Å². The summed E-state index contributed by atoms with van der Waals surface area (Å²) in [6.45, 7) is 3.66. The van der Waals surface area contributed by atoms with E-state index in [2.05, 4.69) is 26.0 Å². The monoisotopic (exact) mass is 793 g/mol. The lowest BCUT2D eigenvalue weighted by Gasteiger charge is -2.41. The predicted molar refractivity (Wildman–Crippen MR) is 212 cm³/mol. The average molecular weight is 793 g/mol. The van der Waals surface area contributed by atoms with Crippen molar-refractivity contribution < 1.29 is 58.3 Å². The van der Waals surface area contributed by atoms with Gasteiger partial charge in [0.05, 0.1) is 12.9 Å². The molecule has 0 aliphatic heterocycles. The molecule has 0 spiro atoms. The number of hydrogen-bond acceptors (Lipinski definition) is 11. The van der Waals surface area contributed by atoms with Gasteiger partial charge in [0.25, 0.3) is 0 Å². The standard InChI is InChI=1S/C41H77O12P/c1-3-5-7-9-11-13-15-16-17-18-19-21-23-25-27-29-31-50-32-34(52-35(42)30-28-26-24-22-20-14-12-10-8-6-4-2)33-51-54(48,49)53-41-39(46)37(44)36(43)38(45)40(41)47/h10,12,29,31,34,36-41,43-47H,3-9,11,13-28,30,32-33H2,1-2H3,(H,48,49)/b12-10-,31-29-/t34-,36?,37-,38?,39?,40?,41?/m1/s1. The minimum Gasteiger partial charge on any atom is -0.498 e. The summed E-state index contributed by atoms with van der Waals surface area (Å²) in [6.07, 6.45) is 23.4. The van der Waals surface area contributed by atoms with Crippen LogP contribution in [0.25, 0.3) is 0 Å². The third-order valence-corrected chi connectivity index (χ3v) is 10.9. The van der Waals surface area contributed by atoms with Gasteiger partial charge >= 0.3 is 13.8 Å². The van der Waals surface area contributed by atoms with Gasteiger partial charge < -0.3 is 39.9 Å². The zero-order valence-electron chi connectivity index (χ0n) is 33.5. The number of hydrogen-bond donors (Lipinski definition) is 6. The third kappa shape index (κ3) is 25.0. The summed E-state index contributed by atoms with van der Waals surface area (Å²) >= 11 is 0. The molecule has 0 aromatic rings. The second kappa shape index (κ2) is 32.7. The van der Waals surface area contributed by atoms with Gasteiger partial charge in [-0.15, -0.1) is 0 Å². The first-order valence-corrected chi connectivity index (χ1v) is 22.7. The number of carbonyl (C=O) groups excluding carboxylic acids is 1. The van der Waals surface area contributed by atoms with Crippen molar-refractivity contribution in [1.29, 1.82) is 0 Å². The second-order valence-corrected chi connectivity index (χ2v) is 16.3. The van der Waals surface area contributed by atoms with E-state index in [1.54, 1.807) is 0 Å². The lowest BCUT2D eigenvalue weighted by atomic mass is 9.85. The average Bonchev–Trinajstić information content (AvgIpc) is 3.15. The van der Waals surface area contributed by atoms with Crippen LogP contribution in [0.5, 0.6) is 0 Å². The van der Waals surface area contributed by atoms with Gasteiger partial charge in [-0.1, -0.05) is 142 Å². The highest BCUT2D eigenvalue weighted by molar-refractivity contribution is 7.47. The Morgan fingerprint density at radius 1 is 0.574 bits per heavy atom. The van der Waals surface area contributed by atoms with Crippen LogP contribution in [0.15, 0.2) is 24.5 Å².